The molecule has 0 saturated carbocycles. The molecule has 2 aromatic rings. The van der Waals surface area contributed by atoms with Crippen LogP contribution in [-0.2, 0) is 11.3 Å². The minimum atomic E-state index is -0.262. The molecule has 0 saturated heterocycles. The Labute approximate surface area is 116 Å². The van der Waals surface area contributed by atoms with Crippen LogP contribution in [0.1, 0.15) is 15.9 Å². The molecule has 1 aliphatic rings. The highest BCUT2D eigenvalue weighted by molar-refractivity contribution is 5.96. The topological polar surface area (TPSA) is 44.8 Å². The third-order valence-electron chi connectivity index (χ3n) is 3.44. The van der Waals surface area contributed by atoms with E-state index in [0.29, 0.717) is 23.7 Å². The summed E-state index contributed by atoms with van der Waals surface area (Å²) >= 11 is 0. The number of benzene rings is 2. The lowest BCUT2D eigenvalue weighted by molar-refractivity contribution is 0.0535. The summed E-state index contributed by atoms with van der Waals surface area (Å²) in [5.41, 5.74) is 3.51. The molecule has 0 spiro atoms. The van der Waals surface area contributed by atoms with E-state index in [9.17, 15) is 4.79 Å². The Bertz CT molecular complexity index is 676. The van der Waals surface area contributed by atoms with Crippen LogP contribution in [0.15, 0.2) is 36.4 Å². The largest absolute Gasteiger partial charge is 0.493 e. The number of cyclic esters (lactones) is 1. The summed E-state index contributed by atoms with van der Waals surface area (Å²) in [6.45, 7) is 0.318. The van der Waals surface area contributed by atoms with Crippen LogP contribution in [0.3, 0.4) is 0 Å². The van der Waals surface area contributed by atoms with Gasteiger partial charge in [-0.1, -0.05) is 18.2 Å². The summed E-state index contributed by atoms with van der Waals surface area (Å²) in [5.74, 6) is 1.08. The second-order valence-corrected chi connectivity index (χ2v) is 4.48. The van der Waals surface area contributed by atoms with Crippen LogP contribution in [0.4, 0.5) is 0 Å². The second kappa shape index (κ2) is 4.89. The first kappa shape index (κ1) is 12.5. The molecule has 1 aliphatic heterocycles. The van der Waals surface area contributed by atoms with Crippen molar-refractivity contribution in [2.24, 2.45) is 0 Å². The zero-order chi connectivity index (χ0) is 14.1. The maximum Gasteiger partial charge on any atom is 0.338 e. The molecule has 0 aliphatic carbocycles. The van der Waals surface area contributed by atoms with Crippen molar-refractivity contribution in [1.29, 1.82) is 0 Å². The lowest BCUT2D eigenvalue weighted by Gasteiger charge is -2.11. The number of rotatable bonds is 3. The third-order valence-corrected chi connectivity index (χ3v) is 3.44. The van der Waals surface area contributed by atoms with Gasteiger partial charge in [0.05, 0.1) is 19.8 Å². The van der Waals surface area contributed by atoms with Crippen molar-refractivity contribution in [3.63, 3.8) is 0 Å². The number of methoxy groups -OCH3 is 2. The molecule has 0 amide bonds. The average Bonchev–Trinajstić information content (AvgIpc) is 2.88. The van der Waals surface area contributed by atoms with Crippen molar-refractivity contribution >= 4 is 5.97 Å². The van der Waals surface area contributed by atoms with Crippen LogP contribution in [-0.4, -0.2) is 20.2 Å². The van der Waals surface area contributed by atoms with E-state index in [1.807, 2.05) is 30.3 Å². The molecule has 0 radical (unpaired) electrons. The van der Waals surface area contributed by atoms with E-state index in [1.54, 1.807) is 20.3 Å². The van der Waals surface area contributed by atoms with Crippen LogP contribution in [0.5, 0.6) is 11.5 Å². The van der Waals surface area contributed by atoms with Gasteiger partial charge in [-0.15, -0.1) is 0 Å². The van der Waals surface area contributed by atoms with Crippen molar-refractivity contribution < 1.29 is 19.0 Å². The van der Waals surface area contributed by atoms with E-state index in [4.69, 9.17) is 14.2 Å². The second-order valence-electron chi connectivity index (χ2n) is 4.48. The van der Waals surface area contributed by atoms with Gasteiger partial charge in [0, 0.05) is 5.56 Å². The molecule has 0 unspecified atom stereocenters. The zero-order valence-corrected chi connectivity index (χ0v) is 11.3. The van der Waals surface area contributed by atoms with Gasteiger partial charge in [-0.05, 0) is 29.3 Å². The van der Waals surface area contributed by atoms with Crippen molar-refractivity contribution in [3.05, 3.63) is 47.5 Å². The van der Waals surface area contributed by atoms with Crippen molar-refractivity contribution in [2.75, 3.05) is 14.2 Å². The molecule has 3 rings (SSSR count). The Kier molecular flexibility index (Phi) is 3.06. The van der Waals surface area contributed by atoms with Crippen LogP contribution in [0.2, 0.25) is 0 Å². The standard InChI is InChI=1S/C16H14O4/c1-18-14-7-6-10(8-15(14)19-2)11-4-3-5-12-13(11)9-20-16(12)17/h3-8H,9H2,1-2H3. The Morgan fingerprint density at radius 3 is 2.50 bits per heavy atom. The highest BCUT2D eigenvalue weighted by atomic mass is 16.5. The third kappa shape index (κ3) is 1.90. The molecule has 4 heteroatoms. The first-order chi connectivity index (χ1) is 9.74. The lowest BCUT2D eigenvalue weighted by atomic mass is 9.97. The summed E-state index contributed by atoms with van der Waals surface area (Å²) in [6, 6.07) is 11.3. The Morgan fingerprint density at radius 1 is 1.00 bits per heavy atom. The van der Waals surface area contributed by atoms with E-state index < -0.39 is 0 Å². The van der Waals surface area contributed by atoms with Gasteiger partial charge in [0.15, 0.2) is 11.5 Å². The van der Waals surface area contributed by atoms with Crippen molar-refractivity contribution in [3.8, 4) is 22.6 Å². The van der Waals surface area contributed by atoms with E-state index >= 15 is 0 Å². The lowest BCUT2D eigenvalue weighted by Crippen LogP contribution is -1.94. The molecule has 2 aromatic carbocycles. The SMILES string of the molecule is COc1ccc(-c2cccc3c2COC3=O)cc1OC. The number of carbonyl (C=O) groups is 1. The molecular formula is C16H14O4. The van der Waals surface area contributed by atoms with Gasteiger partial charge in [0.25, 0.3) is 0 Å². The zero-order valence-electron chi connectivity index (χ0n) is 11.3. The average molecular weight is 270 g/mol. The van der Waals surface area contributed by atoms with Gasteiger partial charge >= 0.3 is 5.97 Å². The number of ether oxygens (including phenoxy) is 3. The number of fused-ring (bicyclic) bond motifs is 1. The van der Waals surface area contributed by atoms with Crippen LogP contribution in [0, 0.1) is 0 Å². The first-order valence-corrected chi connectivity index (χ1v) is 6.26. The first-order valence-electron chi connectivity index (χ1n) is 6.26. The van der Waals surface area contributed by atoms with E-state index in [0.717, 1.165) is 16.7 Å². The number of esters is 1. The Morgan fingerprint density at radius 2 is 1.75 bits per heavy atom. The maximum atomic E-state index is 11.6. The number of hydrogen-bond donors (Lipinski definition) is 0. The Hall–Kier alpha value is -2.49. The predicted molar refractivity (Wildman–Crippen MR) is 74.1 cm³/mol. The number of carbonyl (C=O) groups excluding carboxylic acids is 1. The van der Waals surface area contributed by atoms with E-state index in [-0.39, 0.29) is 5.97 Å². The van der Waals surface area contributed by atoms with E-state index in [1.165, 1.54) is 0 Å². The summed E-state index contributed by atoms with van der Waals surface area (Å²) in [5, 5.41) is 0. The Balaban J connectivity index is 2.13. The molecule has 0 aromatic heterocycles. The van der Waals surface area contributed by atoms with Crippen molar-refractivity contribution in [1.82, 2.24) is 0 Å². The summed E-state index contributed by atoms with van der Waals surface area (Å²) < 4.78 is 15.6. The molecule has 0 N–H and O–H groups in total. The summed E-state index contributed by atoms with van der Waals surface area (Å²) in [7, 11) is 3.20. The smallest absolute Gasteiger partial charge is 0.338 e. The van der Waals surface area contributed by atoms with Crippen LogP contribution < -0.4 is 9.47 Å². The maximum absolute atomic E-state index is 11.6. The molecule has 20 heavy (non-hydrogen) atoms. The molecule has 0 atom stereocenters. The van der Waals surface area contributed by atoms with Gasteiger partial charge in [-0.25, -0.2) is 4.79 Å². The van der Waals surface area contributed by atoms with Gasteiger partial charge in [0.2, 0.25) is 0 Å². The molecule has 0 fully saturated rings. The fourth-order valence-corrected chi connectivity index (χ4v) is 2.42. The minimum Gasteiger partial charge on any atom is -0.493 e. The highest BCUT2D eigenvalue weighted by Gasteiger charge is 2.24. The van der Waals surface area contributed by atoms with Gasteiger partial charge < -0.3 is 14.2 Å². The van der Waals surface area contributed by atoms with Gasteiger partial charge in [-0.3, -0.25) is 0 Å². The molecular weight excluding hydrogens is 256 g/mol. The fraction of sp³-hybridized carbons (Fsp3) is 0.188. The van der Waals surface area contributed by atoms with Crippen LogP contribution >= 0.6 is 0 Å². The molecule has 4 nitrogen and oxygen atoms in total. The fourth-order valence-electron chi connectivity index (χ4n) is 2.42. The van der Waals surface area contributed by atoms with Gasteiger partial charge in [0.1, 0.15) is 6.61 Å². The predicted octanol–water partition coefficient (Wildman–Crippen LogP) is 3.04. The summed E-state index contributed by atoms with van der Waals surface area (Å²) in [4.78, 5) is 11.6. The minimum absolute atomic E-state index is 0.262. The van der Waals surface area contributed by atoms with E-state index in [2.05, 4.69) is 0 Å². The number of hydrogen-bond acceptors (Lipinski definition) is 4. The normalized spacial score (nSPS) is 12.8. The highest BCUT2D eigenvalue weighted by Crippen LogP contribution is 2.36. The molecule has 102 valence electrons. The van der Waals surface area contributed by atoms with Crippen molar-refractivity contribution in [2.45, 2.75) is 6.61 Å². The summed E-state index contributed by atoms with van der Waals surface area (Å²) in [6.07, 6.45) is 0. The molecule has 0 bridgehead atoms. The quantitative estimate of drug-likeness (QED) is 0.804. The van der Waals surface area contributed by atoms with Gasteiger partial charge in [-0.2, -0.15) is 0 Å². The van der Waals surface area contributed by atoms with Crippen LogP contribution in [0.25, 0.3) is 11.1 Å². The molecule has 1 heterocycles. The monoisotopic (exact) mass is 270 g/mol.